The summed E-state index contributed by atoms with van der Waals surface area (Å²) in [5.74, 6) is 0. The van der Waals surface area contributed by atoms with E-state index in [-0.39, 0.29) is 0 Å². The van der Waals surface area contributed by atoms with Gasteiger partial charge in [0.15, 0.2) is 0 Å². The normalized spacial score (nSPS) is 24.2. The van der Waals surface area contributed by atoms with E-state index in [0.717, 1.165) is 3.67 Å². The van der Waals surface area contributed by atoms with Gasteiger partial charge in [0.1, 0.15) is 0 Å². The molecule has 1 aliphatic rings. The van der Waals surface area contributed by atoms with E-state index >= 15 is 0 Å². The van der Waals surface area contributed by atoms with E-state index in [1.165, 1.54) is 5.57 Å². The van der Waals surface area contributed by atoms with Gasteiger partial charge in [-0.15, -0.1) is 0 Å². The van der Waals surface area contributed by atoms with E-state index < -0.39 is 21.4 Å². The summed E-state index contributed by atoms with van der Waals surface area (Å²) in [5.41, 5.74) is 3.16. The van der Waals surface area contributed by atoms with E-state index in [1.54, 1.807) is 5.57 Å². The fraction of sp³-hybridized carbons (Fsp3) is 0.556. The van der Waals surface area contributed by atoms with Crippen molar-refractivity contribution >= 4 is 0 Å². The molecular weight excluding hydrogens is 287 g/mol. The van der Waals surface area contributed by atoms with Crippen LogP contribution in [-0.2, 0) is 21.4 Å². The minimum absolute atomic E-state index is 0.921. The van der Waals surface area contributed by atoms with Crippen molar-refractivity contribution in [2.75, 3.05) is 0 Å². The SMILES string of the molecule is CC1=C(C)[CH]([Hf]([CH3])[CH3])C=C1. The van der Waals surface area contributed by atoms with E-state index in [2.05, 4.69) is 35.4 Å². The Balaban J connectivity index is 2.78. The molecule has 0 saturated carbocycles. The first-order valence-electron chi connectivity index (χ1n) is 3.78. The van der Waals surface area contributed by atoms with Crippen LogP contribution in [0.1, 0.15) is 13.8 Å². The van der Waals surface area contributed by atoms with Gasteiger partial charge >= 0.3 is 71.6 Å². The number of rotatable bonds is 1. The summed E-state index contributed by atoms with van der Waals surface area (Å²) in [6, 6.07) is 0. The van der Waals surface area contributed by atoms with Crippen LogP contribution in [0.2, 0.25) is 13.0 Å². The summed E-state index contributed by atoms with van der Waals surface area (Å²) >= 11 is -1.12. The maximum atomic E-state index is 2.49. The summed E-state index contributed by atoms with van der Waals surface area (Å²) in [5, 5.41) is 0. The molecule has 0 aliphatic heterocycles. The number of allylic oxidation sites excluding steroid dienone is 4. The summed E-state index contributed by atoms with van der Waals surface area (Å²) in [4.78, 5) is 0. The van der Waals surface area contributed by atoms with Crippen molar-refractivity contribution in [3.63, 3.8) is 0 Å². The van der Waals surface area contributed by atoms with Gasteiger partial charge < -0.3 is 0 Å². The van der Waals surface area contributed by atoms with Crippen molar-refractivity contribution in [2.45, 2.75) is 26.9 Å². The maximum absolute atomic E-state index is 2.49. The van der Waals surface area contributed by atoms with Crippen molar-refractivity contribution in [3.05, 3.63) is 23.3 Å². The van der Waals surface area contributed by atoms with E-state index in [1.807, 2.05) is 0 Å². The van der Waals surface area contributed by atoms with Crippen LogP contribution in [0.3, 0.4) is 0 Å². The molecule has 1 aliphatic carbocycles. The summed E-state index contributed by atoms with van der Waals surface area (Å²) in [6.07, 6.45) is 4.70. The molecule has 1 unspecified atom stereocenters. The van der Waals surface area contributed by atoms with Crippen LogP contribution in [0.5, 0.6) is 0 Å². The predicted molar refractivity (Wildman–Crippen MR) is 43.0 cm³/mol. The first-order chi connectivity index (χ1) is 4.63. The third-order valence-corrected chi connectivity index (χ3v) is 8.97. The topological polar surface area (TPSA) is 0 Å². The van der Waals surface area contributed by atoms with Crippen LogP contribution in [0.25, 0.3) is 0 Å². The van der Waals surface area contributed by atoms with Crippen LogP contribution < -0.4 is 0 Å². The Morgan fingerprint density at radius 2 is 1.90 bits per heavy atom. The zero-order chi connectivity index (χ0) is 7.72. The number of hydrogen-bond acceptors (Lipinski definition) is 0. The molecule has 0 aromatic carbocycles. The molecule has 0 radical (unpaired) electrons. The molecule has 0 heterocycles. The van der Waals surface area contributed by atoms with E-state index in [0.29, 0.717) is 0 Å². The van der Waals surface area contributed by atoms with Gasteiger partial charge in [0.05, 0.1) is 0 Å². The van der Waals surface area contributed by atoms with Gasteiger partial charge in [-0.2, -0.15) is 0 Å². The molecule has 1 atom stereocenters. The van der Waals surface area contributed by atoms with Gasteiger partial charge in [-0.25, -0.2) is 0 Å². The molecule has 0 aromatic rings. The van der Waals surface area contributed by atoms with Crippen molar-refractivity contribution in [3.8, 4) is 0 Å². The standard InChI is InChI=1S/C7H9.2CH3.Hf/c1-6-4-3-5-7(6)2;;;/h3-5H,1-2H3;2*1H3;. The fourth-order valence-corrected chi connectivity index (χ4v) is 7.04. The predicted octanol–water partition coefficient (Wildman–Crippen LogP) is 3.40. The van der Waals surface area contributed by atoms with Gasteiger partial charge in [-0.1, -0.05) is 0 Å². The van der Waals surface area contributed by atoms with E-state index in [4.69, 9.17) is 0 Å². The Hall–Kier alpha value is 0.350. The van der Waals surface area contributed by atoms with Gasteiger partial charge in [-0.3, -0.25) is 0 Å². The molecule has 0 saturated heterocycles. The summed E-state index contributed by atoms with van der Waals surface area (Å²) in [7, 11) is 0. The third kappa shape index (κ3) is 1.50. The Labute approximate surface area is 71.5 Å². The summed E-state index contributed by atoms with van der Waals surface area (Å²) < 4.78 is 5.90. The second kappa shape index (κ2) is 3.17. The molecule has 0 fully saturated rings. The van der Waals surface area contributed by atoms with Crippen LogP contribution in [0.4, 0.5) is 0 Å². The first-order valence-corrected chi connectivity index (χ1v) is 13.0. The second-order valence-corrected chi connectivity index (χ2v) is 13.3. The zero-order valence-electron chi connectivity index (χ0n) is 7.23. The van der Waals surface area contributed by atoms with Crippen LogP contribution in [0.15, 0.2) is 23.3 Å². The van der Waals surface area contributed by atoms with Gasteiger partial charge in [0.25, 0.3) is 0 Å². The molecular formula is C9H15Hf. The fourth-order valence-electron chi connectivity index (χ4n) is 1.39. The summed E-state index contributed by atoms with van der Waals surface area (Å²) in [6.45, 7) is 4.51. The Bertz CT molecular complexity index is 187. The zero-order valence-corrected chi connectivity index (χ0v) is 10.8. The molecule has 0 aromatic heterocycles. The molecule has 0 nitrogen and oxygen atoms in total. The quantitative estimate of drug-likeness (QED) is 0.651. The molecule has 0 bridgehead atoms. The second-order valence-electron chi connectivity index (χ2n) is 3.28. The van der Waals surface area contributed by atoms with Crippen LogP contribution >= 0.6 is 0 Å². The minimum atomic E-state index is -1.12. The Morgan fingerprint density at radius 3 is 2.10 bits per heavy atom. The van der Waals surface area contributed by atoms with Crippen molar-refractivity contribution in [1.29, 1.82) is 0 Å². The molecule has 10 heavy (non-hydrogen) atoms. The van der Waals surface area contributed by atoms with Crippen LogP contribution in [0, 0.1) is 0 Å². The van der Waals surface area contributed by atoms with Crippen molar-refractivity contribution < 1.29 is 21.4 Å². The Kier molecular flexibility index (Phi) is 2.67. The monoisotopic (exact) mass is 303 g/mol. The molecule has 1 heteroatoms. The van der Waals surface area contributed by atoms with Gasteiger partial charge in [0, 0.05) is 0 Å². The molecule has 55 valence electrons. The average Bonchev–Trinajstić information content (AvgIpc) is 2.14. The van der Waals surface area contributed by atoms with Crippen molar-refractivity contribution in [1.82, 2.24) is 0 Å². The molecule has 0 N–H and O–H groups in total. The third-order valence-electron chi connectivity index (χ3n) is 2.25. The van der Waals surface area contributed by atoms with E-state index in [9.17, 15) is 0 Å². The average molecular weight is 302 g/mol. The van der Waals surface area contributed by atoms with Crippen molar-refractivity contribution in [2.24, 2.45) is 0 Å². The van der Waals surface area contributed by atoms with Crippen LogP contribution in [-0.4, -0.2) is 0 Å². The molecule has 0 amide bonds. The Morgan fingerprint density at radius 1 is 1.30 bits per heavy atom. The van der Waals surface area contributed by atoms with Gasteiger partial charge in [-0.05, 0) is 0 Å². The molecule has 1 rings (SSSR count). The number of hydrogen-bond donors (Lipinski definition) is 0. The first kappa shape index (κ1) is 8.45. The van der Waals surface area contributed by atoms with Gasteiger partial charge in [0.2, 0.25) is 0 Å². The molecule has 0 spiro atoms.